The second-order valence-corrected chi connectivity index (χ2v) is 9.04. The number of carbonyl (C=O) groups is 1. The molecule has 2 bridgehead atoms. The number of piperidine rings is 1. The molecule has 26 heavy (non-hydrogen) atoms. The van der Waals surface area contributed by atoms with E-state index in [-0.39, 0.29) is 19.0 Å². The molecule has 2 saturated carbocycles. The van der Waals surface area contributed by atoms with Crippen LogP contribution in [0.25, 0.3) is 0 Å². The molecule has 1 aromatic carbocycles. The number of alkyl carbamates (subject to hydrolysis) is 1. The van der Waals surface area contributed by atoms with Crippen LogP contribution in [0.2, 0.25) is 0 Å². The molecule has 1 saturated heterocycles. The third-order valence-electron chi connectivity index (χ3n) is 7.90. The molecular formula is C22H32N2O2. The van der Waals surface area contributed by atoms with Gasteiger partial charge in [0.1, 0.15) is 0 Å². The van der Waals surface area contributed by atoms with Crippen LogP contribution >= 0.6 is 0 Å². The first-order valence-corrected chi connectivity index (χ1v) is 10.4. The van der Waals surface area contributed by atoms with E-state index in [1.54, 1.807) is 0 Å². The van der Waals surface area contributed by atoms with Crippen LogP contribution in [0.5, 0.6) is 0 Å². The minimum Gasteiger partial charge on any atom is -0.453 e. The SMILES string of the molecule is COC(=O)NC1CC2(CCN(C3C[C@@H]4CC[C@@H]3C4)CC2)c2ccccc21.[HH]. The quantitative estimate of drug-likeness (QED) is 0.861. The number of ether oxygens (including phenoxy) is 1. The highest BCUT2D eigenvalue weighted by atomic mass is 16.5. The number of hydrogen-bond donors (Lipinski definition) is 1. The molecule has 1 aliphatic heterocycles. The monoisotopic (exact) mass is 356 g/mol. The molecule has 2 unspecified atom stereocenters. The molecule has 4 aliphatic rings. The molecule has 142 valence electrons. The molecule has 1 amide bonds. The molecule has 4 nitrogen and oxygen atoms in total. The smallest absolute Gasteiger partial charge is 0.407 e. The summed E-state index contributed by atoms with van der Waals surface area (Å²) in [4.78, 5) is 14.6. The number of likely N-dealkylation sites (tertiary alicyclic amines) is 1. The van der Waals surface area contributed by atoms with Gasteiger partial charge in [0.25, 0.3) is 0 Å². The zero-order chi connectivity index (χ0) is 17.7. The van der Waals surface area contributed by atoms with Gasteiger partial charge in [-0.2, -0.15) is 0 Å². The van der Waals surface area contributed by atoms with Crippen molar-refractivity contribution in [2.75, 3.05) is 20.2 Å². The van der Waals surface area contributed by atoms with Gasteiger partial charge in [-0.05, 0) is 74.6 Å². The van der Waals surface area contributed by atoms with E-state index in [0.29, 0.717) is 0 Å². The Morgan fingerprint density at radius 3 is 2.73 bits per heavy atom. The lowest BCUT2D eigenvalue weighted by Crippen LogP contribution is -2.48. The number of methoxy groups -OCH3 is 1. The Morgan fingerprint density at radius 2 is 2.04 bits per heavy atom. The van der Waals surface area contributed by atoms with Crippen molar-refractivity contribution in [3.63, 3.8) is 0 Å². The first kappa shape index (κ1) is 16.6. The van der Waals surface area contributed by atoms with E-state index in [2.05, 4.69) is 34.5 Å². The lowest BCUT2D eigenvalue weighted by molar-refractivity contribution is 0.0808. The van der Waals surface area contributed by atoms with Crippen LogP contribution < -0.4 is 5.32 Å². The van der Waals surface area contributed by atoms with Crippen molar-refractivity contribution in [1.82, 2.24) is 10.2 Å². The first-order chi connectivity index (χ1) is 12.7. The molecule has 5 rings (SSSR count). The number of nitrogens with zero attached hydrogens (tertiary/aromatic N) is 1. The number of hydrogen-bond acceptors (Lipinski definition) is 3. The van der Waals surface area contributed by atoms with Crippen molar-refractivity contribution < 1.29 is 11.0 Å². The highest BCUT2D eigenvalue weighted by Gasteiger charge is 2.49. The Hall–Kier alpha value is -1.55. The van der Waals surface area contributed by atoms with Crippen molar-refractivity contribution >= 4 is 6.09 Å². The summed E-state index contributed by atoms with van der Waals surface area (Å²) in [6.07, 6.45) is 9.01. The largest absolute Gasteiger partial charge is 0.453 e. The predicted molar refractivity (Wildman–Crippen MR) is 103 cm³/mol. The van der Waals surface area contributed by atoms with E-state index in [4.69, 9.17) is 4.74 Å². The lowest BCUT2D eigenvalue weighted by atomic mass is 9.73. The summed E-state index contributed by atoms with van der Waals surface area (Å²) in [7, 11) is 1.44. The Labute approximate surface area is 157 Å². The zero-order valence-electron chi connectivity index (χ0n) is 15.7. The molecule has 3 fully saturated rings. The summed E-state index contributed by atoms with van der Waals surface area (Å²) in [6.45, 7) is 2.43. The fourth-order valence-electron chi connectivity index (χ4n) is 6.64. The van der Waals surface area contributed by atoms with Crippen molar-refractivity contribution in [3.05, 3.63) is 35.4 Å². The highest BCUT2D eigenvalue weighted by Crippen LogP contribution is 2.53. The van der Waals surface area contributed by atoms with Crippen LogP contribution in [-0.4, -0.2) is 37.2 Å². The van der Waals surface area contributed by atoms with Crippen LogP contribution in [0.1, 0.15) is 63.5 Å². The second-order valence-electron chi connectivity index (χ2n) is 9.04. The van der Waals surface area contributed by atoms with Crippen LogP contribution in [0.3, 0.4) is 0 Å². The molecular weight excluding hydrogens is 324 g/mol. The topological polar surface area (TPSA) is 41.6 Å². The molecule has 4 heteroatoms. The summed E-state index contributed by atoms with van der Waals surface area (Å²) >= 11 is 0. The van der Waals surface area contributed by atoms with Crippen molar-refractivity contribution in [3.8, 4) is 0 Å². The maximum atomic E-state index is 11.8. The van der Waals surface area contributed by atoms with Gasteiger partial charge < -0.3 is 15.0 Å². The van der Waals surface area contributed by atoms with Gasteiger partial charge in [0, 0.05) is 12.9 Å². The van der Waals surface area contributed by atoms with E-state index < -0.39 is 0 Å². The molecule has 1 spiro atoms. The van der Waals surface area contributed by atoms with Gasteiger partial charge in [-0.25, -0.2) is 4.79 Å². The summed E-state index contributed by atoms with van der Waals surface area (Å²) < 4.78 is 4.86. The number of fused-ring (bicyclic) bond motifs is 4. The summed E-state index contributed by atoms with van der Waals surface area (Å²) in [6, 6.07) is 9.67. The molecule has 0 aromatic heterocycles. The third-order valence-corrected chi connectivity index (χ3v) is 7.90. The maximum absolute atomic E-state index is 11.8. The zero-order valence-corrected chi connectivity index (χ0v) is 15.7. The normalized spacial score (nSPS) is 34.8. The van der Waals surface area contributed by atoms with E-state index >= 15 is 0 Å². The number of rotatable bonds is 2. The average molecular weight is 357 g/mol. The van der Waals surface area contributed by atoms with Gasteiger partial charge >= 0.3 is 6.09 Å². The second kappa shape index (κ2) is 6.26. The summed E-state index contributed by atoms with van der Waals surface area (Å²) in [5.41, 5.74) is 3.00. The van der Waals surface area contributed by atoms with E-state index in [1.165, 1.54) is 69.9 Å². The van der Waals surface area contributed by atoms with Gasteiger partial charge in [0.05, 0.1) is 13.2 Å². The lowest BCUT2D eigenvalue weighted by Gasteiger charge is -2.44. The Morgan fingerprint density at radius 1 is 1.23 bits per heavy atom. The summed E-state index contributed by atoms with van der Waals surface area (Å²) in [5.74, 6) is 1.99. The molecule has 0 radical (unpaired) electrons. The molecule has 1 heterocycles. The van der Waals surface area contributed by atoms with Gasteiger partial charge in [0.2, 0.25) is 0 Å². The van der Waals surface area contributed by atoms with Gasteiger partial charge in [-0.1, -0.05) is 30.7 Å². The van der Waals surface area contributed by atoms with Crippen LogP contribution in [0.4, 0.5) is 4.79 Å². The van der Waals surface area contributed by atoms with Gasteiger partial charge in [-0.3, -0.25) is 0 Å². The number of carbonyl (C=O) groups excluding carboxylic acids is 1. The third kappa shape index (κ3) is 2.57. The first-order valence-electron chi connectivity index (χ1n) is 10.4. The number of benzene rings is 1. The molecule has 1 N–H and O–H groups in total. The fraction of sp³-hybridized carbons (Fsp3) is 0.682. The van der Waals surface area contributed by atoms with Crippen LogP contribution in [0.15, 0.2) is 24.3 Å². The number of amides is 1. The predicted octanol–water partition coefficient (Wildman–Crippen LogP) is 4.26. The van der Waals surface area contributed by atoms with Crippen LogP contribution in [0, 0.1) is 11.8 Å². The minimum atomic E-state index is -0.318. The van der Waals surface area contributed by atoms with Crippen LogP contribution in [-0.2, 0) is 10.2 Å². The summed E-state index contributed by atoms with van der Waals surface area (Å²) in [5, 5.41) is 3.07. The highest BCUT2D eigenvalue weighted by molar-refractivity contribution is 5.68. The van der Waals surface area contributed by atoms with Crippen molar-refractivity contribution in [2.45, 2.75) is 62.4 Å². The average Bonchev–Trinajstić information content (AvgIpc) is 3.38. The Balaban J connectivity index is 0.00000180. The Bertz CT molecular complexity index is 701. The molecule has 3 aliphatic carbocycles. The molecule has 4 atom stereocenters. The Kier molecular flexibility index (Phi) is 4.00. The number of nitrogens with one attached hydrogen (secondary N) is 1. The van der Waals surface area contributed by atoms with Crippen molar-refractivity contribution in [2.24, 2.45) is 11.8 Å². The van der Waals surface area contributed by atoms with E-state index in [1.807, 2.05) is 0 Å². The standard InChI is InChI=1S/C22H30N2O2.H2/c1-26-21(25)23-19-14-22(18-5-3-2-4-17(18)19)8-10-24(11-9-22)20-13-15-6-7-16(20)12-15;/h2-5,15-16,19-20H,6-14H2,1H3,(H,23,25);1H/t15-,16-,19?,20?;/m1./s1. The minimum absolute atomic E-state index is 0. The van der Waals surface area contributed by atoms with E-state index in [9.17, 15) is 4.79 Å². The maximum Gasteiger partial charge on any atom is 0.407 e. The van der Waals surface area contributed by atoms with Crippen molar-refractivity contribution in [1.29, 1.82) is 0 Å². The van der Waals surface area contributed by atoms with Gasteiger partial charge in [0.15, 0.2) is 0 Å². The van der Waals surface area contributed by atoms with Gasteiger partial charge in [-0.15, -0.1) is 0 Å². The van der Waals surface area contributed by atoms with E-state index in [0.717, 1.165) is 24.3 Å². The molecule has 1 aromatic rings. The fourth-order valence-corrected chi connectivity index (χ4v) is 6.64.